The largest absolute Gasteiger partial charge is 0.324 e. The summed E-state index contributed by atoms with van der Waals surface area (Å²) in [6.45, 7) is 2.15. The molecule has 0 aliphatic rings. The Labute approximate surface area is 95.2 Å². The minimum Gasteiger partial charge on any atom is -0.324 e. The molecule has 0 spiro atoms. The van der Waals surface area contributed by atoms with Crippen molar-refractivity contribution >= 4 is 23.2 Å². The van der Waals surface area contributed by atoms with E-state index in [0.29, 0.717) is 10.0 Å². The van der Waals surface area contributed by atoms with Crippen molar-refractivity contribution < 1.29 is 0 Å². The molecule has 1 rings (SSSR count). The van der Waals surface area contributed by atoms with Crippen LogP contribution in [-0.2, 0) is 0 Å². The Hall–Kier alpha value is -0.240. The van der Waals surface area contributed by atoms with Crippen molar-refractivity contribution in [3.05, 3.63) is 33.8 Å². The number of rotatable bonds is 4. The predicted molar refractivity (Wildman–Crippen MR) is 62.9 cm³/mol. The van der Waals surface area contributed by atoms with Crippen molar-refractivity contribution in [2.75, 3.05) is 0 Å². The Kier molecular flexibility index (Phi) is 4.73. The van der Waals surface area contributed by atoms with Crippen LogP contribution >= 0.6 is 23.2 Å². The molecule has 0 radical (unpaired) electrons. The van der Waals surface area contributed by atoms with Gasteiger partial charge in [-0.1, -0.05) is 43.0 Å². The third kappa shape index (κ3) is 3.49. The van der Waals surface area contributed by atoms with Gasteiger partial charge in [-0.05, 0) is 30.2 Å². The van der Waals surface area contributed by atoms with Gasteiger partial charge in [0.1, 0.15) is 0 Å². The topological polar surface area (TPSA) is 26.0 Å². The fraction of sp³-hybridized carbons (Fsp3) is 0.455. The van der Waals surface area contributed by atoms with Crippen LogP contribution in [-0.4, -0.2) is 0 Å². The summed E-state index contributed by atoms with van der Waals surface area (Å²) in [5, 5.41) is 1.30. The van der Waals surface area contributed by atoms with E-state index in [-0.39, 0.29) is 6.04 Å². The highest BCUT2D eigenvalue weighted by molar-refractivity contribution is 6.34. The molecule has 1 unspecified atom stereocenters. The molecule has 2 N–H and O–H groups in total. The van der Waals surface area contributed by atoms with Crippen LogP contribution < -0.4 is 5.73 Å². The van der Waals surface area contributed by atoms with Gasteiger partial charge in [0.15, 0.2) is 0 Å². The number of nitrogens with two attached hydrogens (primary N) is 1. The van der Waals surface area contributed by atoms with Gasteiger partial charge >= 0.3 is 0 Å². The van der Waals surface area contributed by atoms with Gasteiger partial charge in [0.05, 0.1) is 0 Å². The van der Waals surface area contributed by atoms with Crippen molar-refractivity contribution in [1.29, 1.82) is 0 Å². The molecule has 0 fully saturated rings. The first-order valence-electron chi connectivity index (χ1n) is 4.85. The summed E-state index contributed by atoms with van der Waals surface area (Å²) in [5.41, 5.74) is 7.03. The lowest BCUT2D eigenvalue weighted by Crippen LogP contribution is -2.09. The molecule has 1 atom stereocenters. The number of halogens is 2. The number of benzene rings is 1. The maximum absolute atomic E-state index is 6.00. The van der Waals surface area contributed by atoms with Gasteiger partial charge in [-0.3, -0.25) is 0 Å². The van der Waals surface area contributed by atoms with Gasteiger partial charge in [-0.15, -0.1) is 0 Å². The van der Waals surface area contributed by atoms with Crippen LogP contribution in [0.1, 0.15) is 37.8 Å². The predicted octanol–water partition coefficient (Wildman–Crippen LogP) is 4.18. The molecular weight excluding hydrogens is 217 g/mol. The van der Waals surface area contributed by atoms with Crippen molar-refractivity contribution in [3.8, 4) is 0 Å². The van der Waals surface area contributed by atoms with Crippen LogP contribution in [0.4, 0.5) is 0 Å². The van der Waals surface area contributed by atoms with E-state index in [2.05, 4.69) is 6.92 Å². The lowest BCUT2D eigenvalue weighted by molar-refractivity contribution is 0.603. The molecule has 3 heteroatoms. The Balaban J connectivity index is 2.73. The third-order valence-corrected chi connectivity index (χ3v) is 2.62. The van der Waals surface area contributed by atoms with E-state index in [1.165, 1.54) is 0 Å². The number of hydrogen-bond donors (Lipinski definition) is 1. The molecule has 0 saturated heterocycles. The fourth-order valence-corrected chi connectivity index (χ4v) is 1.92. The van der Waals surface area contributed by atoms with E-state index in [0.717, 1.165) is 24.8 Å². The summed E-state index contributed by atoms with van der Waals surface area (Å²) >= 11 is 11.8. The van der Waals surface area contributed by atoms with Crippen molar-refractivity contribution in [2.24, 2.45) is 5.73 Å². The zero-order valence-electron chi connectivity index (χ0n) is 8.26. The highest BCUT2D eigenvalue weighted by atomic mass is 35.5. The van der Waals surface area contributed by atoms with Crippen molar-refractivity contribution in [2.45, 2.75) is 32.2 Å². The molecule has 1 aromatic carbocycles. The number of unbranched alkanes of at least 4 members (excludes halogenated alkanes) is 1. The molecule has 0 aliphatic carbocycles. The van der Waals surface area contributed by atoms with E-state index in [1.54, 1.807) is 6.07 Å². The molecule has 78 valence electrons. The average Bonchev–Trinajstić information content (AvgIpc) is 2.12. The summed E-state index contributed by atoms with van der Waals surface area (Å²) < 4.78 is 0. The van der Waals surface area contributed by atoms with E-state index >= 15 is 0 Å². The molecule has 1 aromatic rings. The van der Waals surface area contributed by atoms with E-state index in [1.807, 2.05) is 12.1 Å². The van der Waals surface area contributed by atoms with Gasteiger partial charge in [-0.2, -0.15) is 0 Å². The Morgan fingerprint density at radius 1 is 1.21 bits per heavy atom. The van der Waals surface area contributed by atoms with Crippen LogP contribution in [0.25, 0.3) is 0 Å². The summed E-state index contributed by atoms with van der Waals surface area (Å²) in [6.07, 6.45) is 3.26. The summed E-state index contributed by atoms with van der Waals surface area (Å²) in [6, 6.07) is 5.53. The first kappa shape index (κ1) is 11.8. The Morgan fingerprint density at radius 3 is 2.29 bits per heavy atom. The highest BCUT2D eigenvalue weighted by Gasteiger charge is 2.06. The molecule has 0 bridgehead atoms. The zero-order valence-corrected chi connectivity index (χ0v) is 9.78. The van der Waals surface area contributed by atoms with Gasteiger partial charge in [0.25, 0.3) is 0 Å². The van der Waals surface area contributed by atoms with Crippen LogP contribution in [0, 0.1) is 0 Å². The third-order valence-electron chi connectivity index (χ3n) is 2.18. The second-order valence-corrected chi connectivity index (χ2v) is 4.32. The Bertz CT molecular complexity index is 279. The van der Waals surface area contributed by atoms with Crippen molar-refractivity contribution in [1.82, 2.24) is 0 Å². The molecular formula is C11H15Cl2N. The van der Waals surface area contributed by atoms with Crippen molar-refractivity contribution in [3.63, 3.8) is 0 Å². The summed E-state index contributed by atoms with van der Waals surface area (Å²) in [4.78, 5) is 0. The average molecular weight is 232 g/mol. The fourth-order valence-electron chi connectivity index (χ4n) is 1.38. The molecule has 0 heterocycles. The minimum atomic E-state index is 0.0474. The molecule has 0 aromatic heterocycles. The van der Waals surface area contributed by atoms with E-state index < -0.39 is 0 Å². The smallest absolute Gasteiger partial charge is 0.0424 e. The zero-order chi connectivity index (χ0) is 10.6. The lowest BCUT2D eigenvalue weighted by atomic mass is 10.0. The quantitative estimate of drug-likeness (QED) is 0.827. The Morgan fingerprint density at radius 2 is 1.79 bits per heavy atom. The highest BCUT2D eigenvalue weighted by Crippen LogP contribution is 2.24. The standard InChI is InChI=1S/C11H15Cl2N/c1-2-3-4-11(14)8-5-9(12)7-10(13)6-8/h5-7,11H,2-4,14H2,1H3. The van der Waals surface area contributed by atoms with Crippen LogP contribution in [0.3, 0.4) is 0 Å². The lowest BCUT2D eigenvalue weighted by Gasteiger charge is -2.12. The van der Waals surface area contributed by atoms with E-state index in [9.17, 15) is 0 Å². The van der Waals surface area contributed by atoms with Gasteiger partial charge < -0.3 is 5.73 Å². The molecule has 1 nitrogen and oxygen atoms in total. The minimum absolute atomic E-state index is 0.0474. The first-order valence-corrected chi connectivity index (χ1v) is 5.60. The second kappa shape index (κ2) is 5.59. The number of hydrogen-bond acceptors (Lipinski definition) is 1. The van der Waals surface area contributed by atoms with E-state index in [4.69, 9.17) is 28.9 Å². The van der Waals surface area contributed by atoms with Gasteiger partial charge in [-0.25, -0.2) is 0 Å². The second-order valence-electron chi connectivity index (χ2n) is 3.45. The van der Waals surface area contributed by atoms with Gasteiger partial charge in [0, 0.05) is 16.1 Å². The summed E-state index contributed by atoms with van der Waals surface area (Å²) in [7, 11) is 0. The summed E-state index contributed by atoms with van der Waals surface area (Å²) in [5.74, 6) is 0. The monoisotopic (exact) mass is 231 g/mol. The maximum Gasteiger partial charge on any atom is 0.0424 e. The van der Waals surface area contributed by atoms with Crippen LogP contribution in [0.2, 0.25) is 10.0 Å². The molecule has 0 amide bonds. The normalized spacial score (nSPS) is 12.9. The molecule has 0 saturated carbocycles. The molecule has 0 aliphatic heterocycles. The molecule has 14 heavy (non-hydrogen) atoms. The van der Waals surface area contributed by atoms with Crippen LogP contribution in [0.5, 0.6) is 0 Å². The maximum atomic E-state index is 6.00. The first-order chi connectivity index (χ1) is 6.63. The van der Waals surface area contributed by atoms with Crippen LogP contribution in [0.15, 0.2) is 18.2 Å². The van der Waals surface area contributed by atoms with Gasteiger partial charge in [0.2, 0.25) is 0 Å². The SMILES string of the molecule is CCCCC(N)c1cc(Cl)cc(Cl)c1.